The van der Waals surface area contributed by atoms with Crippen LogP contribution in [0.5, 0.6) is 0 Å². The van der Waals surface area contributed by atoms with Gasteiger partial charge in [-0.2, -0.15) is 0 Å². The van der Waals surface area contributed by atoms with Crippen molar-refractivity contribution in [2.45, 2.75) is 27.3 Å². The van der Waals surface area contributed by atoms with Gasteiger partial charge in [0, 0.05) is 58.2 Å². The Bertz CT molecular complexity index is 783. The van der Waals surface area contributed by atoms with Crippen LogP contribution in [0.25, 0.3) is 0 Å². The zero-order chi connectivity index (χ0) is 20.5. The van der Waals surface area contributed by atoms with Crippen LogP contribution in [0.15, 0.2) is 41.7 Å². The van der Waals surface area contributed by atoms with Gasteiger partial charge in [0.2, 0.25) is 5.95 Å². The van der Waals surface area contributed by atoms with Gasteiger partial charge in [-0.3, -0.25) is 4.90 Å². The fourth-order valence-corrected chi connectivity index (χ4v) is 3.49. The highest BCUT2D eigenvalue weighted by atomic mass is 15.3. The Balaban J connectivity index is 1.44. The van der Waals surface area contributed by atoms with Crippen LogP contribution in [-0.2, 0) is 6.54 Å². The number of rotatable bonds is 7. The lowest BCUT2D eigenvalue weighted by Crippen LogP contribution is -2.49. The number of aliphatic imine (C=N–C) groups is 1. The molecule has 0 saturated carbocycles. The maximum absolute atomic E-state index is 4.76. The van der Waals surface area contributed by atoms with Crippen LogP contribution in [0, 0.1) is 13.8 Å². The first-order valence-electron chi connectivity index (χ1n) is 10.5. The van der Waals surface area contributed by atoms with E-state index < -0.39 is 0 Å². The van der Waals surface area contributed by atoms with E-state index in [0.29, 0.717) is 6.54 Å². The van der Waals surface area contributed by atoms with E-state index in [1.165, 1.54) is 16.7 Å². The van der Waals surface area contributed by atoms with Crippen molar-refractivity contribution in [1.29, 1.82) is 0 Å². The topological polar surface area (TPSA) is 68.7 Å². The van der Waals surface area contributed by atoms with Gasteiger partial charge < -0.3 is 15.5 Å². The van der Waals surface area contributed by atoms with Crippen LogP contribution in [0.4, 0.5) is 5.95 Å². The zero-order valence-corrected chi connectivity index (χ0v) is 17.9. The first-order valence-corrected chi connectivity index (χ1v) is 10.5. The third-order valence-electron chi connectivity index (χ3n) is 5.18. The molecule has 7 heteroatoms. The number of piperazine rings is 1. The van der Waals surface area contributed by atoms with Crippen LogP contribution < -0.4 is 15.5 Å². The second-order valence-electron chi connectivity index (χ2n) is 7.43. The summed E-state index contributed by atoms with van der Waals surface area (Å²) in [7, 11) is 0. The Morgan fingerprint density at radius 3 is 2.52 bits per heavy atom. The number of benzene rings is 1. The van der Waals surface area contributed by atoms with Crippen LogP contribution in [0.2, 0.25) is 0 Å². The smallest absolute Gasteiger partial charge is 0.225 e. The summed E-state index contributed by atoms with van der Waals surface area (Å²) in [4.78, 5) is 18.2. The van der Waals surface area contributed by atoms with Gasteiger partial charge in [0.25, 0.3) is 0 Å². The number of guanidine groups is 1. The molecule has 0 bridgehead atoms. The van der Waals surface area contributed by atoms with Gasteiger partial charge in [-0.25, -0.2) is 15.0 Å². The molecule has 2 aromatic rings. The van der Waals surface area contributed by atoms with Crippen molar-refractivity contribution >= 4 is 11.9 Å². The molecule has 2 N–H and O–H groups in total. The first-order chi connectivity index (χ1) is 14.2. The summed E-state index contributed by atoms with van der Waals surface area (Å²) in [6.45, 7) is 13.8. The third-order valence-corrected chi connectivity index (χ3v) is 5.18. The number of hydrogen-bond acceptors (Lipinski definition) is 5. The van der Waals surface area contributed by atoms with Crippen molar-refractivity contribution < 1.29 is 0 Å². The van der Waals surface area contributed by atoms with E-state index in [2.05, 4.69) is 69.4 Å². The summed E-state index contributed by atoms with van der Waals surface area (Å²) in [5.74, 6) is 1.71. The van der Waals surface area contributed by atoms with Gasteiger partial charge in [-0.1, -0.05) is 23.8 Å². The molecule has 2 heterocycles. The number of anilines is 1. The number of aryl methyl sites for hydroxylation is 2. The number of aromatic nitrogens is 2. The highest BCUT2D eigenvalue weighted by Gasteiger charge is 2.18. The van der Waals surface area contributed by atoms with Crippen molar-refractivity contribution in [3.05, 3.63) is 53.3 Å². The van der Waals surface area contributed by atoms with Crippen LogP contribution in [0.3, 0.4) is 0 Å². The van der Waals surface area contributed by atoms with Gasteiger partial charge in [0.1, 0.15) is 0 Å². The third kappa shape index (κ3) is 6.42. The Hall–Kier alpha value is -2.67. The lowest BCUT2D eigenvalue weighted by atomic mass is 10.1. The molecule has 0 unspecified atom stereocenters. The van der Waals surface area contributed by atoms with E-state index in [-0.39, 0.29) is 0 Å². The van der Waals surface area contributed by atoms with E-state index in [9.17, 15) is 0 Å². The van der Waals surface area contributed by atoms with Gasteiger partial charge in [0.15, 0.2) is 5.96 Å². The summed E-state index contributed by atoms with van der Waals surface area (Å²) >= 11 is 0. The maximum Gasteiger partial charge on any atom is 0.225 e. The summed E-state index contributed by atoms with van der Waals surface area (Å²) in [5.41, 5.74) is 3.86. The maximum atomic E-state index is 4.76. The molecule has 0 radical (unpaired) electrons. The molecule has 1 aromatic carbocycles. The van der Waals surface area contributed by atoms with E-state index in [4.69, 9.17) is 4.99 Å². The van der Waals surface area contributed by atoms with E-state index in [1.807, 2.05) is 6.07 Å². The molecular weight excluding hydrogens is 362 g/mol. The molecule has 0 amide bonds. The molecule has 0 atom stereocenters. The minimum Gasteiger partial charge on any atom is -0.357 e. The average molecular weight is 396 g/mol. The molecule has 0 spiro atoms. The molecule has 3 rings (SSSR count). The van der Waals surface area contributed by atoms with Gasteiger partial charge in [-0.15, -0.1) is 0 Å². The van der Waals surface area contributed by atoms with Gasteiger partial charge in [-0.05, 0) is 38.0 Å². The van der Waals surface area contributed by atoms with E-state index in [1.54, 1.807) is 12.4 Å². The second kappa shape index (κ2) is 10.8. The number of hydrogen-bond donors (Lipinski definition) is 2. The fourth-order valence-electron chi connectivity index (χ4n) is 3.49. The van der Waals surface area contributed by atoms with Crippen LogP contribution in [0.1, 0.15) is 23.6 Å². The molecule has 29 heavy (non-hydrogen) atoms. The zero-order valence-electron chi connectivity index (χ0n) is 17.9. The Morgan fingerprint density at radius 2 is 1.83 bits per heavy atom. The summed E-state index contributed by atoms with van der Waals surface area (Å²) in [6, 6.07) is 8.40. The molecule has 7 nitrogen and oxygen atoms in total. The van der Waals surface area contributed by atoms with Crippen LogP contribution in [-0.4, -0.2) is 66.6 Å². The molecular formula is C22H33N7. The lowest BCUT2D eigenvalue weighted by Gasteiger charge is -2.34. The average Bonchev–Trinajstić information content (AvgIpc) is 2.74. The Kier molecular flexibility index (Phi) is 7.81. The van der Waals surface area contributed by atoms with E-state index in [0.717, 1.165) is 57.7 Å². The lowest BCUT2D eigenvalue weighted by molar-refractivity contribution is 0.260. The standard InChI is InChI=1S/C22H33N7/c1-4-23-21(27-17-20-7-6-18(2)16-19(20)3)24-10-11-28-12-14-29(15-13-28)22-25-8-5-9-26-22/h5-9,16H,4,10-15,17H2,1-3H3,(H2,23,24,27). The number of nitrogens with one attached hydrogen (secondary N) is 2. The minimum absolute atomic E-state index is 0.692. The van der Waals surface area contributed by atoms with Crippen molar-refractivity contribution in [2.75, 3.05) is 50.7 Å². The highest BCUT2D eigenvalue weighted by molar-refractivity contribution is 5.79. The van der Waals surface area contributed by atoms with Crippen molar-refractivity contribution in [3.63, 3.8) is 0 Å². The van der Waals surface area contributed by atoms with E-state index >= 15 is 0 Å². The molecule has 1 aliphatic rings. The molecule has 0 aliphatic carbocycles. The summed E-state index contributed by atoms with van der Waals surface area (Å²) < 4.78 is 0. The second-order valence-corrected chi connectivity index (χ2v) is 7.43. The van der Waals surface area contributed by atoms with Crippen LogP contribution >= 0.6 is 0 Å². The SMILES string of the molecule is CCNC(=NCc1ccc(C)cc1C)NCCN1CCN(c2ncccn2)CC1. The summed E-state index contributed by atoms with van der Waals surface area (Å²) in [5, 5.41) is 6.82. The minimum atomic E-state index is 0.692. The predicted octanol–water partition coefficient (Wildman–Crippen LogP) is 1.97. The highest BCUT2D eigenvalue weighted by Crippen LogP contribution is 2.11. The monoisotopic (exact) mass is 395 g/mol. The quantitative estimate of drug-likeness (QED) is 0.552. The molecule has 1 saturated heterocycles. The fraction of sp³-hybridized carbons (Fsp3) is 0.500. The summed E-state index contributed by atoms with van der Waals surface area (Å²) in [6.07, 6.45) is 3.61. The molecule has 1 aliphatic heterocycles. The molecule has 1 aromatic heterocycles. The van der Waals surface area contributed by atoms with Gasteiger partial charge >= 0.3 is 0 Å². The van der Waals surface area contributed by atoms with Crippen molar-refractivity contribution in [2.24, 2.45) is 4.99 Å². The predicted molar refractivity (Wildman–Crippen MR) is 119 cm³/mol. The molecule has 156 valence electrons. The Morgan fingerprint density at radius 1 is 1.07 bits per heavy atom. The normalized spacial score (nSPS) is 15.4. The Labute approximate surface area is 174 Å². The van der Waals surface area contributed by atoms with Gasteiger partial charge in [0.05, 0.1) is 6.54 Å². The van der Waals surface area contributed by atoms with Crippen molar-refractivity contribution in [1.82, 2.24) is 25.5 Å². The first kappa shape index (κ1) is 21.0. The largest absolute Gasteiger partial charge is 0.357 e. The molecule has 1 fully saturated rings. The number of nitrogens with zero attached hydrogens (tertiary/aromatic N) is 5. The van der Waals surface area contributed by atoms with Crippen molar-refractivity contribution in [3.8, 4) is 0 Å².